The van der Waals surface area contributed by atoms with Crippen LogP contribution in [-0.4, -0.2) is 0 Å². The van der Waals surface area contributed by atoms with E-state index >= 15 is 8.78 Å². The van der Waals surface area contributed by atoms with Gasteiger partial charge >= 0.3 is 0 Å². The lowest BCUT2D eigenvalue weighted by Gasteiger charge is -2.26. The van der Waals surface area contributed by atoms with E-state index in [-0.39, 0.29) is 23.3 Å². The molecule has 18 aromatic rings. The number of benzene rings is 16. The average molecular weight is 1280 g/mol. The molecule has 0 aliphatic heterocycles. The largest absolute Gasteiger partial charge is 0.456 e. The molecule has 0 spiro atoms. The lowest BCUT2D eigenvalue weighted by molar-refractivity contribution is 0.627. The second-order valence-corrected chi connectivity index (χ2v) is 24.3. The van der Waals surface area contributed by atoms with Crippen molar-refractivity contribution in [1.82, 2.24) is 0 Å². The Morgan fingerprint density at radius 1 is 0.184 bits per heavy atom. The van der Waals surface area contributed by atoms with Crippen LogP contribution in [0.5, 0.6) is 0 Å². The van der Waals surface area contributed by atoms with Crippen molar-refractivity contribution in [2.75, 3.05) is 19.6 Å². The molecular formula is C88H56F4N4O2. The zero-order valence-corrected chi connectivity index (χ0v) is 52.4. The van der Waals surface area contributed by atoms with Crippen LogP contribution in [0.4, 0.5) is 85.8 Å². The molecule has 2 aromatic heterocycles. The summed E-state index contributed by atoms with van der Waals surface area (Å²) in [6.07, 6.45) is 0. The average Bonchev–Trinajstić information content (AvgIpc) is 1.55. The lowest BCUT2D eigenvalue weighted by atomic mass is 10.0. The number of fused-ring (bicyclic) bond motifs is 10. The van der Waals surface area contributed by atoms with E-state index in [2.05, 4.69) is 119 Å². The summed E-state index contributed by atoms with van der Waals surface area (Å²) < 4.78 is 72.1. The van der Waals surface area contributed by atoms with Gasteiger partial charge in [0.15, 0.2) is 0 Å². The highest BCUT2D eigenvalue weighted by Gasteiger charge is 2.22. The second kappa shape index (κ2) is 24.8. The van der Waals surface area contributed by atoms with Gasteiger partial charge in [-0.3, -0.25) is 0 Å². The van der Waals surface area contributed by atoms with Gasteiger partial charge in [-0.05, 0) is 249 Å². The molecule has 18 rings (SSSR count). The highest BCUT2D eigenvalue weighted by atomic mass is 19.1. The number of anilines is 12. The van der Waals surface area contributed by atoms with Crippen LogP contribution in [0.2, 0.25) is 0 Å². The number of halogens is 4. The monoisotopic (exact) mass is 1280 g/mol. The Morgan fingerprint density at radius 2 is 0.439 bits per heavy atom. The van der Waals surface area contributed by atoms with Crippen molar-refractivity contribution in [1.29, 1.82) is 0 Å². The minimum atomic E-state index is -0.296. The SMILES string of the molecule is Fc1cccc(N(c2ccccc2)c2ccc3cc4c(cc3c2)oc2cc3cc(N(c5ccccc5)c5cccc(F)c5)ccc3cc24)c1.Fc1ccccc1N(c1ccccc1)c1ccc2cc3c(cc2c1)oc1cc2cc(N(c4ccccc4)c4ccccc4F)ccc2cc13. The van der Waals surface area contributed by atoms with Crippen molar-refractivity contribution >= 4 is 155 Å². The summed E-state index contributed by atoms with van der Waals surface area (Å²) in [5, 5.41) is 12.4. The molecular weight excluding hydrogens is 1220 g/mol. The summed E-state index contributed by atoms with van der Waals surface area (Å²) in [5.41, 5.74) is 12.7. The van der Waals surface area contributed by atoms with Crippen LogP contribution in [0.1, 0.15) is 0 Å². The van der Waals surface area contributed by atoms with Gasteiger partial charge in [-0.2, -0.15) is 0 Å². The van der Waals surface area contributed by atoms with Crippen LogP contribution in [0.3, 0.4) is 0 Å². The van der Waals surface area contributed by atoms with Crippen LogP contribution in [0.15, 0.2) is 349 Å². The summed E-state index contributed by atoms with van der Waals surface area (Å²) in [5.74, 6) is -1.17. The standard InChI is InChI=1S/2C44H28F2N2O/c45-33-9-7-15-37(27-33)47(35-11-3-1-4-12-35)39-19-17-29-23-41-42-24-30-18-20-40(22-32(30)26-44(42)49-43(41)25-31(29)21-39)48(36-13-5-2-6-14-36)38-16-8-10-34(46)28-38;45-39-15-7-9-17-41(39)47(33-11-3-1-4-12-33)35-21-19-29-25-37-38-26-30-20-22-36(24-32(30)28-44(38)49-43(37)27-31(29)23-35)48(34-13-5-2-6-14-34)42-18-10-8-16-40(42)46/h2*1-28H. The van der Waals surface area contributed by atoms with Gasteiger partial charge in [0.1, 0.15) is 45.6 Å². The first-order chi connectivity index (χ1) is 48.2. The van der Waals surface area contributed by atoms with Crippen LogP contribution in [0.25, 0.3) is 87.0 Å². The Balaban J connectivity index is 0.000000147. The maximum absolute atomic E-state index is 15.2. The van der Waals surface area contributed by atoms with Crippen molar-refractivity contribution in [2.45, 2.75) is 0 Å². The van der Waals surface area contributed by atoms with Crippen LogP contribution < -0.4 is 19.6 Å². The molecule has 468 valence electrons. The molecule has 0 aliphatic carbocycles. The molecule has 0 unspecified atom stereocenters. The number of para-hydroxylation sites is 6. The predicted octanol–water partition coefficient (Wildman–Crippen LogP) is 26.2. The zero-order chi connectivity index (χ0) is 65.8. The Labute approximate surface area is 561 Å². The van der Waals surface area contributed by atoms with Crippen molar-refractivity contribution in [3.05, 3.63) is 363 Å². The highest BCUT2D eigenvalue weighted by molar-refractivity contribution is 6.16. The zero-order valence-electron chi connectivity index (χ0n) is 52.4. The van der Waals surface area contributed by atoms with Gasteiger partial charge in [0, 0.05) is 78.4 Å². The van der Waals surface area contributed by atoms with E-state index in [9.17, 15) is 8.78 Å². The normalized spacial score (nSPS) is 11.5. The molecule has 16 aromatic carbocycles. The van der Waals surface area contributed by atoms with Crippen LogP contribution in [0, 0.1) is 23.3 Å². The van der Waals surface area contributed by atoms with Crippen LogP contribution >= 0.6 is 0 Å². The first-order valence-corrected chi connectivity index (χ1v) is 32.3. The number of rotatable bonds is 12. The molecule has 0 aliphatic rings. The molecule has 0 N–H and O–H groups in total. The third kappa shape index (κ3) is 11.0. The number of hydrogen-bond donors (Lipinski definition) is 0. The summed E-state index contributed by atoms with van der Waals surface area (Å²) >= 11 is 0. The van der Waals surface area contributed by atoms with Gasteiger partial charge in [-0.15, -0.1) is 0 Å². The van der Waals surface area contributed by atoms with Crippen molar-refractivity contribution in [2.24, 2.45) is 0 Å². The number of furan rings is 2. The molecule has 0 saturated heterocycles. The fraction of sp³-hybridized carbons (Fsp3) is 0. The summed E-state index contributed by atoms with van der Waals surface area (Å²) in [4.78, 5) is 7.97. The van der Waals surface area contributed by atoms with E-state index in [1.807, 2.05) is 168 Å². The summed E-state index contributed by atoms with van der Waals surface area (Å²) in [7, 11) is 0. The fourth-order valence-corrected chi connectivity index (χ4v) is 13.6. The van der Waals surface area contributed by atoms with E-state index in [1.54, 1.807) is 48.5 Å². The number of nitrogens with zero attached hydrogens (tertiary/aromatic N) is 4. The molecule has 10 heteroatoms. The second-order valence-electron chi connectivity index (χ2n) is 24.3. The molecule has 0 saturated carbocycles. The third-order valence-corrected chi connectivity index (χ3v) is 18.1. The van der Waals surface area contributed by atoms with Gasteiger partial charge < -0.3 is 28.4 Å². The molecule has 0 fully saturated rings. The predicted molar refractivity (Wildman–Crippen MR) is 396 cm³/mol. The van der Waals surface area contributed by atoms with Gasteiger partial charge in [0.05, 0.1) is 11.4 Å². The Kier molecular flexibility index (Phi) is 14.9. The maximum atomic E-state index is 15.2. The quantitative estimate of drug-likeness (QED) is 0.114. The highest BCUT2D eigenvalue weighted by Crippen LogP contribution is 2.45. The summed E-state index contributed by atoms with van der Waals surface area (Å²) in [6.45, 7) is 0. The third-order valence-electron chi connectivity index (χ3n) is 18.1. The van der Waals surface area contributed by atoms with Gasteiger partial charge in [-0.1, -0.05) is 133 Å². The first kappa shape index (κ1) is 58.9. The van der Waals surface area contributed by atoms with E-state index in [0.29, 0.717) is 11.4 Å². The maximum Gasteiger partial charge on any atom is 0.147 e. The van der Waals surface area contributed by atoms with Gasteiger partial charge in [0.2, 0.25) is 0 Å². The minimum Gasteiger partial charge on any atom is -0.456 e. The molecule has 0 radical (unpaired) electrons. The van der Waals surface area contributed by atoms with E-state index in [4.69, 9.17) is 8.83 Å². The summed E-state index contributed by atoms with van der Waals surface area (Å²) in [6, 6.07) is 108. The van der Waals surface area contributed by atoms with Crippen molar-refractivity contribution < 1.29 is 26.4 Å². The minimum absolute atomic E-state index is 0.288. The Bertz CT molecular complexity index is 5680. The Morgan fingerprint density at radius 3 is 0.735 bits per heavy atom. The smallest absolute Gasteiger partial charge is 0.147 e. The topological polar surface area (TPSA) is 39.2 Å². The van der Waals surface area contributed by atoms with Gasteiger partial charge in [0.25, 0.3) is 0 Å². The molecule has 0 bridgehead atoms. The van der Waals surface area contributed by atoms with E-state index in [0.717, 1.165) is 144 Å². The van der Waals surface area contributed by atoms with Crippen molar-refractivity contribution in [3.63, 3.8) is 0 Å². The first-order valence-electron chi connectivity index (χ1n) is 32.3. The van der Waals surface area contributed by atoms with E-state index in [1.165, 1.54) is 24.3 Å². The number of hydrogen-bond acceptors (Lipinski definition) is 6. The molecule has 98 heavy (non-hydrogen) atoms. The molecule has 6 nitrogen and oxygen atoms in total. The van der Waals surface area contributed by atoms with Gasteiger partial charge in [-0.25, -0.2) is 17.6 Å². The molecule has 0 atom stereocenters. The van der Waals surface area contributed by atoms with Crippen molar-refractivity contribution in [3.8, 4) is 0 Å². The fourth-order valence-electron chi connectivity index (χ4n) is 13.6. The lowest BCUT2D eigenvalue weighted by Crippen LogP contribution is -2.11. The molecule has 2 heterocycles. The Hall–Kier alpha value is -12.9. The molecule has 0 amide bonds. The van der Waals surface area contributed by atoms with E-state index < -0.39 is 0 Å². The van der Waals surface area contributed by atoms with Crippen LogP contribution in [-0.2, 0) is 0 Å².